The van der Waals surface area contributed by atoms with Crippen LogP contribution >= 0.6 is 0 Å². The van der Waals surface area contributed by atoms with Gasteiger partial charge in [-0.1, -0.05) is 45.1 Å². The summed E-state index contributed by atoms with van der Waals surface area (Å²) in [5.41, 5.74) is 1.58. The Labute approximate surface area is 121 Å². The summed E-state index contributed by atoms with van der Waals surface area (Å²) >= 11 is 0. The van der Waals surface area contributed by atoms with Gasteiger partial charge in [0.15, 0.2) is 5.43 Å². The lowest BCUT2D eigenvalue weighted by atomic mass is 10.1. The van der Waals surface area contributed by atoms with Crippen LogP contribution in [0.1, 0.15) is 53.7 Å². The van der Waals surface area contributed by atoms with Gasteiger partial charge in [-0.25, -0.2) is 0 Å². The second-order valence-electron chi connectivity index (χ2n) is 3.90. The molecule has 110 valence electrons. The maximum Gasteiger partial charge on any atom is 0.192 e. The Kier molecular flexibility index (Phi) is 9.10. The molecule has 1 rings (SSSR count). The summed E-state index contributed by atoms with van der Waals surface area (Å²) in [6.45, 7) is 11.7. The lowest BCUT2D eigenvalue weighted by Crippen LogP contribution is -2.38. The van der Waals surface area contributed by atoms with Crippen LogP contribution in [0.15, 0.2) is 33.5 Å². The van der Waals surface area contributed by atoms with Gasteiger partial charge in [-0.15, -0.1) is 0 Å². The maximum atomic E-state index is 12.0. The zero-order chi connectivity index (χ0) is 15.5. The fourth-order valence-corrected chi connectivity index (χ4v) is 1.81. The van der Waals surface area contributed by atoms with Crippen LogP contribution in [0.2, 0.25) is 0 Å². The Morgan fingerprint density at radius 3 is 2.30 bits per heavy atom. The van der Waals surface area contributed by atoms with Gasteiger partial charge in [0.05, 0.1) is 5.22 Å². The van der Waals surface area contributed by atoms with Gasteiger partial charge in [0.2, 0.25) is 0 Å². The largest absolute Gasteiger partial charge is 0.456 e. The van der Waals surface area contributed by atoms with Crippen LogP contribution < -0.4 is 16.1 Å². The molecule has 0 saturated heterocycles. The van der Waals surface area contributed by atoms with Gasteiger partial charge < -0.3 is 4.42 Å². The Balaban J connectivity index is 0.00000172. The van der Waals surface area contributed by atoms with Crippen molar-refractivity contribution < 1.29 is 4.42 Å². The van der Waals surface area contributed by atoms with Crippen LogP contribution in [0.3, 0.4) is 0 Å². The third-order valence-corrected chi connectivity index (χ3v) is 2.62. The molecule has 0 bridgehead atoms. The molecule has 0 N–H and O–H groups in total. The van der Waals surface area contributed by atoms with Crippen LogP contribution in [0.25, 0.3) is 17.7 Å². The molecule has 1 heterocycles. The van der Waals surface area contributed by atoms with Crippen molar-refractivity contribution in [3.8, 4) is 0 Å². The lowest BCUT2D eigenvalue weighted by Gasteiger charge is -2.01. The number of hydrogen-bond acceptors (Lipinski definition) is 2. The maximum absolute atomic E-state index is 12.0. The molecule has 0 aromatic carbocycles. The molecule has 1 aromatic rings. The van der Waals surface area contributed by atoms with E-state index in [0.717, 1.165) is 12.0 Å². The zero-order valence-electron chi connectivity index (χ0n) is 13.5. The van der Waals surface area contributed by atoms with E-state index in [0.29, 0.717) is 16.4 Å². The Hall–Kier alpha value is -1.83. The number of hydrogen-bond donors (Lipinski definition) is 0. The summed E-state index contributed by atoms with van der Waals surface area (Å²) in [5, 5.41) is 0.623. The van der Waals surface area contributed by atoms with E-state index in [4.69, 9.17) is 4.42 Å². The van der Waals surface area contributed by atoms with Gasteiger partial charge in [-0.05, 0) is 33.3 Å². The minimum Gasteiger partial charge on any atom is -0.456 e. The van der Waals surface area contributed by atoms with Crippen molar-refractivity contribution in [1.29, 1.82) is 0 Å². The molecule has 0 fully saturated rings. The van der Waals surface area contributed by atoms with Gasteiger partial charge in [0, 0.05) is 11.6 Å². The first kappa shape index (κ1) is 18.2. The lowest BCUT2D eigenvalue weighted by molar-refractivity contribution is 0.495. The highest BCUT2D eigenvalue weighted by molar-refractivity contribution is 5.70. The van der Waals surface area contributed by atoms with Crippen LogP contribution in [-0.4, -0.2) is 0 Å². The normalized spacial score (nSPS) is 13.6. The fourth-order valence-electron chi connectivity index (χ4n) is 1.81. The van der Waals surface area contributed by atoms with Crippen LogP contribution in [-0.2, 0) is 0 Å². The molecule has 0 saturated carbocycles. The number of allylic oxidation sites excluding steroid dienone is 4. The van der Waals surface area contributed by atoms with Gasteiger partial charge in [-0.3, -0.25) is 4.79 Å². The molecule has 0 spiro atoms. The summed E-state index contributed by atoms with van der Waals surface area (Å²) < 4.78 is 5.79. The van der Waals surface area contributed by atoms with Gasteiger partial charge in [0.25, 0.3) is 0 Å². The third-order valence-electron chi connectivity index (χ3n) is 2.62. The van der Waals surface area contributed by atoms with E-state index in [1.54, 1.807) is 12.1 Å². The smallest absolute Gasteiger partial charge is 0.192 e. The second kappa shape index (κ2) is 10.0. The quantitative estimate of drug-likeness (QED) is 0.788. The van der Waals surface area contributed by atoms with Crippen LogP contribution in [0.5, 0.6) is 0 Å². The topological polar surface area (TPSA) is 30.2 Å². The molecule has 0 atom stereocenters. The predicted octanol–water partition coefficient (Wildman–Crippen LogP) is 3.64. The van der Waals surface area contributed by atoms with E-state index in [1.165, 1.54) is 0 Å². The third kappa shape index (κ3) is 4.69. The summed E-state index contributed by atoms with van der Waals surface area (Å²) in [4.78, 5) is 12.0. The molecule has 2 nitrogen and oxygen atoms in total. The summed E-state index contributed by atoms with van der Waals surface area (Å²) in [5.74, 6) is 0.624. The summed E-state index contributed by atoms with van der Waals surface area (Å²) in [7, 11) is 0. The van der Waals surface area contributed by atoms with E-state index in [-0.39, 0.29) is 5.43 Å². The molecule has 1 aromatic heterocycles. The molecular formula is C18H26O2. The zero-order valence-corrected chi connectivity index (χ0v) is 13.5. The minimum absolute atomic E-state index is 0.00152. The highest BCUT2D eigenvalue weighted by Crippen LogP contribution is 2.13. The number of rotatable bonds is 3. The molecule has 0 aliphatic carbocycles. The van der Waals surface area contributed by atoms with Crippen molar-refractivity contribution >= 4 is 17.7 Å². The fraction of sp³-hybridized carbons (Fsp3) is 0.389. The first-order valence-corrected chi connectivity index (χ1v) is 7.28. The van der Waals surface area contributed by atoms with Crippen molar-refractivity contribution in [3.63, 3.8) is 0 Å². The summed E-state index contributed by atoms with van der Waals surface area (Å²) in [6.07, 6.45) is 10.4. The van der Waals surface area contributed by atoms with Crippen molar-refractivity contribution in [2.75, 3.05) is 0 Å². The highest BCUT2D eigenvalue weighted by atomic mass is 16.3. The van der Waals surface area contributed by atoms with Crippen molar-refractivity contribution in [2.45, 2.75) is 48.0 Å². The minimum atomic E-state index is -0.00152. The predicted molar refractivity (Wildman–Crippen MR) is 88.9 cm³/mol. The Morgan fingerprint density at radius 1 is 1.20 bits per heavy atom. The SMILES string of the molecule is C/C=C\C(=C/CC)c1cc(=O)c(=C/C)/c(=C\C)o1.CC. The van der Waals surface area contributed by atoms with Crippen molar-refractivity contribution in [3.05, 3.63) is 50.9 Å². The van der Waals surface area contributed by atoms with E-state index >= 15 is 0 Å². The molecule has 0 unspecified atom stereocenters. The first-order chi connectivity index (χ1) is 9.67. The van der Waals surface area contributed by atoms with Crippen LogP contribution in [0, 0.1) is 0 Å². The van der Waals surface area contributed by atoms with E-state index in [1.807, 2.05) is 58.9 Å². The standard InChI is InChI=1S/C16H20O2.C2H6/c1-5-9-12(10-6-2)16-11-14(17)13(7-3)15(8-4)18-16;1-2/h5,7-11H,6H2,1-4H3;1-2H3/b9-5-,12-10+,13-7-,15-8+;. The molecule has 0 radical (unpaired) electrons. The van der Waals surface area contributed by atoms with Crippen molar-refractivity contribution in [2.24, 2.45) is 0 Å². The molecule has 20 heavy (non-hydrogen) atoms. The second-order valence-corrected chi connectivity index (χ2v) is 3.90. The molecule has 0 aliphatic rings. The molecule has 2 heteroatoms. The van der Waals surface area contributed by atoms with E-state index < -0.39 is 0 Å². The van der Waals surface area contributed by atoms with Crippen LogP contribution in [0.4, 0.5) is 0 Å². The van der Waals surface area contributed by atoms with E-state index in [2.05, 4.69) is 6.92 Å². The monoisotopic (exact) mass is 274 g/mol. The molecular weight excluding hydrogens is 248 g/mol. The van der Waals surface area contributed by atoms with Gasteiger partial charge in [-0.2, -0.15) is 0 Å². The van der Waals surface area contributed by atoms with Crippen molar-refractivity contribution in [1.82, 2.24) is 0 Å². The average molecular weight is 274 g/mol. The van der Waals surface area contributed by atoms with E-state index in [9.17, 15) is 4.79 Å². The van der Waals surface area contributed by atoms with Gasteiger partial charge >= 0.3 is 0 Å². The Morgan fingerprint density at radius 2 is 1.85 bits per heavy atom. The highest BCUT2D eigenvalue weighted by Gasteiger charge is 2.03. The Bertz CT molecular complexity index is 628. The van der Waals surface area contributed by atoms with Gasteiger partial charge in [0.1, 0.15) is 11.2 Å². The summed E-state index contributed by atoms with van der Waals surface area (Å²) in [6, 6.07) is 1.56. The first-order valence-electron chi connectivity index (χ1n) is 7.28. The molecule has 0 aliphatic heterocycles. The molecule has 0 amide bonds. The average Bonchev–Trinajstić information content (AvgIpc) is 2.48.